The molecule has 6 rings (SSSR count). The average molecular weight is 507 g/mol. The Hall–Kier alpha value is -2.58. The number of halogens is 1. The molecule has 0 radical (unpaired) electrons. The van der Waals surface area contributed by atoms with Gasteiger partial charge in [0.25, 0.3) is 0 Å². The SMILES string of the molecule is C[C@]1(N2CCC(c3cc4cc(NC(=O)[C@H]5C[C@@H]5c5ccccn5)ncc4cc3Cl)CC2)COC[C@H]1O. The summed E-state index contributed by atoms with van der Waals surface area (Å²) >= 11 is 6.72. The van der Waals surface area contributed by atoms with Crippen LogP contribution in [0.25, 0.3) is 10.8 Å². The number of likely N-dealkylation sites (tertiary alicyclic amines) is 1. The van der Waals surface area contributed by atoms with Crippen molar-refractivity contribution in [1.82, 2.24) is 14.9 Å². The number of benzene rings is 1. The van der Waals surface area contributed by atoms with Gasteiger partial charge >= 0.3 is 0 Å². The minimum atomic E-state index is -0.450. The molecule has 188 valence electrons. The Morgan fingerprint density at radius 3 is 2.75 bits per heavy atom. The van der Waals surface area contributed by atoms with E-state index in [4.69, 9.17) is 16.3 Å². The third kappa shape index (κ3) is 4.39. The molecule has 2 N–H and O–H groups in total. The second-order valence-corrected chi connectivity index (χ2v) is 11.0. The van der Waals surface area contributed by atoms with E-state index in [0.29, 0.717) is 24.9 Å². The smallest absolute Gasteiger partial charge is 0.229 e. The number of aromatic nitrogens is 2. The van der Waals surface area contributed by atoms with Crippen LogP contribution in [0.2, 0.25) is 5.02 Å². The summed E-state index contributed by atoms with van der Waals surface area (Å²) in [4.78, 5) is 24.0. The van der Waals surface area contributed by atoms with Gasteiger partial charge in [-0.3, -0.25) is 14.7 Å². The first-order valence-electron chi connectivity index (χ1n) is 12.7. The molecule has 3 aromatic rings. The molecule has 0 unspecified atom stereocenters. The van der Waals surface area contributed by atoms with E-state index in [1.165, 1.54) is 0 Å². The summed E-state index contributed by atoms with van der Waals surface area (Å²) in [5.41, 5.74) is 1.80. The van der Waals surface area contributed by atoms with Gasteiger partial charge in [-0.2, -0.15) is 0 Å². The molecule has 1 amide bonds. The molecule has 2 saturated heterocycles. The number of hydrogen-bond acceptors (Lipinski definition) is 6. The Balaban J connectivity index is 1.15. The van der Waals surface area contributed by atoms with Gasteiger partial charge in [0.15, 0.2) is 0 Å². The van der Waals surface area contributed by atoms with Gasteiger partial charge < -0.3 is 15.2 Å². The lowest BCUT2D eigenvalue weighted by molar-refractivity contribution is -0.117. The first-order chi connectivity index (χ1) is 17.4. The van der Waals surface area contributed by atoms with E-state index in [1.54, 1.807) is 12.4 Å². The average Bonchev–Trinajstić information content (AvgIpc) is 3.63. The number of nitrogens with zero attached hydrogens (tertiary/aromatic N) is 3. The Morgan fingerprint density at radius 1 is 1.19 bits per heavy atom. The van der Waals surface area contributed by atoms with Crippen LogP contribution in [-0.2, 0) is 9.53 Å². The predicted octanol–water partition coefficient (Wildman–Crippen LogP) is 4.35. The lowest BCUT2D eigenvalue weighted by atomic mass is 9.85. The number of carbonyl (C=O) groups excluding carboxylic acids is 1. The van der Waals surface area contributed by atoms with E-state index >= 15 is 0 Å². The number of ether oxygens (including phenoxy) is 1. The largest absolute Gasteiger partial charge is 0.389 e. The quantitative estimate of drug-likeness (QED) is 0.535. The van der Waals surface area contributed by atoms with Gasteiger partial charge in [-0.05, 0) is 86.5 Å². The predicted molar refractivity (Wildman–Crippen MR) is 139 cm³/mol. The van der Waals surface area contributed by atoms with Gasteiger partial charge in [-0.1, -0.05) is 17.7 Å². The summed E-state index contributed by atoms with van der Waals surface area (Å²) in [6.45, 7) is 4.86. The zero-order chi connectivity index (χ0) is 24.9. The summed E-state index contributed by atoms with van der Waals surface area (Å²) in [5, 5.41) is 16.1. The zero-order valence-electron chi connectivity index (χ0n) is 20.4. The molecule has 3 aliphatic rings. The lowest BCUT2D eigenvalue weighted by Crippen LogP contribution is -2.56. The molecule has 8 heteroatoms. The van der Waals surface area contributed by atoms with Crippen LogP contribution in [0.3, 0.4) is 0 Å². The van der Waals surface area contributed by atoms with Gasteiger partial charge in [-0.25, -0.2) is 4.98 Å². The third-order valence-corrected chi connectivity index (χ3v) is 8.66. The van der Waals surface area contributed by atoms with Crippen molar-refractivity contribution >= 4 is 34.1 Å². The minimum absolute atomic E-state index is 0.00867. The number of anilines is 1. The molecule has 2 aromatic heterocycles. The molecule has 1 aromatic carbocycles. The molecule has 7 nitrogen and oxygen atoms in total. The number of nitrogens with one attached hydrogen (secondary N) is 1. The Kier molecular flexibility index (Phi) is 6.20. The Morgan fingerprint density at radius 2 is 2.03 bits per heavy atom. The van der Waals surface area contributed by atoms with Crippen molar-refractivity contribution < 1.29 is 14.6 Å². The molecule has 3 fully saturated rings. The summed E-state index contributed by atoms with van der Waals surface area (Å²) in [5.74, 6) is 1.02. The number of piperidine rings is 1. The number of fused-ring (bicyclic) bond motifs is 1. The minimum Gasteiger partial charge on any atom is -0.389 e. The van der Waals surface area contributed by atoms with Crippen molar-refractivity contribution in [2.24, 2.45) is 5.92 Å². The summed E-state index contributed by atoms with van der Waals surface area (Å²) < 4.78 is 5.54. The highest BCUT2D eigenvalue weighted by molar-refractivity contribution is 6.32. The van der Waals surface area contributed by atoms with E-state index in [9.17, 15) is 9.90 Å². The van der Waals surface area contributed by atoms with Crippen molar-refractivity contribution in [3.05, 3.63) is 65.1 Å². The normalized spacial score (nSPS) is 28.9. The number of pyridine rings is 2. The van der Waals surface area contributed by atoms with Crippen molar-refractivity contribution in [3.63, 3.8) is 0 Å². The van der Waals surface area contributed by atoms with Crippen LogP contribution in [0.5, 0.6) is 0 Å². The maximum absolute atomic E-state index is 12.8. The van der Waals surface area contributed by atoms with Crippen LogP contribution in [0.1, 0.15) is 49.3 Å². The van der Waals surface area contributed by atoms with Gasteiger partial charge in [0, 0.05) is 40.3 Å². The number of aliphatic hydroxyl groups excluding tert-OH is 1. The topological polar surface area (TPSA) is 87.6 Å². The van der Waals surface area contributed by atoms with E-state index < -0.39 is 6.10 Å². The first-order valence-corrected chi connectivity index (χ1v) is 13.1. The molecular formula is C28H31ClN4O3. The molecule has 4 atom stereocenters. The number of carbonyl (C=O) groups is 1. The van der Waals surface area contributed by atoms with Crippen LogP contribution in [0.4, 0.5) is 5.82 Å². The van der Waals surface area contributed by atoms with Gasteiger partial charge in [0.05, 0.1) is 24.9 Å². The summed E-state index contributed by atoms with van der Waals surface area (Å²) in [6.07, 6.45) is 5.85. The van der Waals surface area contributed by atoms with Gasteiger partial charge in [-0.15, -0.1) is 0 Å². The van der Waals surface area contributed by atoms with Crippen LogP contribution >= 0.6 is 11.6 Å². The number of aliphatic hydroxyl groups is 1. The summed E-state index contributed by atoms with van der Waals surface area (Å²) in [7, 11) is 0. The van der Waals surface area contributed by atoms with Crippen LogP contribution in [-0.4, -0.2) is 63.8 Å². The van der Waals surface area contributed by atoms with Crippen LogP contribution in [0.15, 0.2) is 48.8 Å². The fraction of sp³-hybridized carbons (Fsp3) is 0.464. The highest BCUT2D eigenvalue weighted by atomic mass is 35.5. The maximum Gasteiger partial charge on any atom is 0.229 e. The Labute approximate surface area is 215 Å². The fourth-order valence-corrected chi connectivity index (χ4v) is 6.17. The maximum atomic E-state index is 12.8. The van der Waals surface area contributed by atoms with E-state index in [0.717, 1.165) is 59.4 Å². The van der Waals surface area contributed by atoms with E-state index in [2.05, 4.69) is 33.2 Å². The molecule has 0 bridgehead atoms. The van der Waals surface area contributed by atoms with Crippen molar-refractivity contribution in [2.45, 2.75) is 49.7 Å². The molecule has 4 heterocycles. The molecule has 0 spiro atoms. The molecule has 2 aliphatic heterocycles. The van der Waals surface area contributed by atoms with Gasteiger partial charge in [0.1, 0.15) is 5.82 Å². The Bertz CT molecular complexity index is 1280. The van der Waals surface area contributed by atoms with Gasteiger partial charge in [0.2, 0.25) is 5.91 Å². The lowest BCUT2D eigenvalue weighted by Gasteiger charge is -2.43. The van der Waals surface area contributed by atoms with Crippen molar-refractivity contribution in [2.75, 3.05) is 31.6 Å². The van der Waals surface area contributed by atoms with E-state index in [1.807, 2.05) is 30.3 Å². The fourth-order valence-electron chi connectivity index (χ4n) is 5.85. The highest BCUT2D eigenvalue weighted by Gasteiger charge is 2.46. The molecule has 1 aliphatic carbocycles. The van der Waals surface area contributed by atoms with E-state index in [-0.39, 0.29) is 23.3 Å². The monoisotopic (exact) mass is 506 g/mol. The van der Waals surface area contributed by atoms with Crippen molar-refractivity contribution in [3.8, 4) is 0 Å². The molecule has 36 heavy (non-hydrogen) atoms. The standard InChI is InChI=1S/C28H31ClN4O3/c1-28(16-36-15-25(28)34)33-8-5-17(6-9-33)20-10-18-12-26(31-14-19(18)11-23(20)29)32-27(35)22-13-21(22)24-4-2-3-7-30-24/h2-4,7,10-12,14,17,21-22,25,34H,5-6,8-9,13,15-16H2,1H3,(H,31,32,35)/t21-,22-,25+,28-/m0/s1. The first kappa shape index (κ1) is 23.8. The zero-order valence-corrected chi connectivity index (χ0v) is 21.1. The highest BCUT2D eigenvalue weighted by Crippen LogP contribution is 2.47. The number of hydrogen-bond donors (Lipinski definition) is 2. The number of rotatable bonds is 5. The van der Waals surface area contributed by atoms with Crippen LogP contribution in [0, 0.1) is 5.92 Å². The van der Waals surface area contributed by atoms with Crippen molar-refractivity contribution in [1.29, 1.82) is 0 Å². The second kappa shape index (κ2) is 9.38. The molecule has 1 saturated carbocycles. The number of amides is 1. The second-order valence-electron chi connectivity index (χ2n) is 10.6. The summed E-state index contributed by atoms with van der Waals surface area (Å²) in [6, 6.07) is 11.9. The van der Waals surface area contributed by atoms with Crippen LogP contribution < -0.4 is 5.32 Å². The molecular weight excluding hydrogens is 476 g/mol. The third-order valence-electron chi connectivity index (χ3n) is 8.33.